The molecule has 0 aromatic heterocycles. The van der Waals surface area contributed by atoms with E-state index in [1.807, 2.05) is 0 Å². The molecule has 2 heterocycles. The van der Waals surface area contributed by atoms with Crippen LogP contribution in [0.3, 0.4) is 0 Å². The van der Waals surface area contributed by atoms with E-state index in [1.165, 1.54) is 29.9 Å². The summed E-state index contributed by atoms with van der Waals surface area (Å²) >= 11 is 0. The summed E-state index contributed by atoms with van der Waals surface area (Å²) in [5.41, 5.74) is 1.33. The van der Waals surface area contributed by atoms with Crippen LogP contribution in [0.15, 0.2) is 42.5 Å². The lowest BCUT2D eigenvalue weighted by atomic mass is 9.76. The Morgan fingerprint density at radius 2 is 1.96 bits per heavy atom. The van der Waals surface area contributed by atoms with Crippen molar-refractivity contribution in [1.29, 1.82) is 0 Å². The molecule has 3 nitrogen and oxygen atoms in total. The summed E-state index contributed by atoms with van der Waals surface area (Å²) in [5.74, 6) is 0.357. The largest absolute Gasteiger partial charge is 0.469 e. The minimum absolute atomic E-state index is 0.00483. The Morgan fingerprint density at radius 3 is 2.75 bits per heavy atom. The molecule has 0 aliphatic carbocycles. The van der Waals surface area contributed by atoms with Gasteiger partial charge < -0.3 is 4.74 Å². The van der Waals surface area contributed by atoms with Crippen LogP contribution in [0.25, 0.3) is 10.8 Å². The predicted molar refractivity (Wildman–Crippen MR) is 95.8 cm³/mol. The lowest BCUT2D eigenvalue weighted by molar-refractivity contribution is -0.152. The van der Waals surface area contributed by atoms with E-state index in [2.05, 4.69) is 54.4 Å². The SMILES string of the molecule is COC(=O)[C@H]1[C@@H](Cc2ccc3ccccc3c2)C[C@@H]2CC[C@H]1N2C. The number of carbonyl (C=O) groups excluding carboxylic acids is 1. The highest BCUT2D eigenvalue weighted by Gasteiger charge is 2.48. The fourth-order valence-electron chi connectivity index (χ4n) is 4.93. The van der Waals surface area contributed by atoms with Crippen LogP contribution in [0.5, 0.6) is 0 Å². The summed E-state index contributed by atoms with van der Waals surface area (Å²) in [7, 11) is 3.70. The molecule has 24 heavy (non-hydrogen) atoms. The van der Waals surface area contributed by atoms with Crippen molar-refractivity contribution in [2.45, 2.75) is 37.8 Å². The first kappa shape index (κ1) is 15.6. The van der Waals surface area contributed by atoms with Crippen molar-refractivity contribution < 1.29 is 9.53 Å². The van der Waals surface area contributed by atoms with E-state index in [0.29, 0.717) is 18.0 Å². The average Bonchev–Trinajstić information content (AvgIpc) is 2.84. The number of piperidine rings is 1. The number of benzene rings is 2. The summed E-state index contributed by atoms with van der Waals surface area (Å²) in [6.45, 7) is 0. The lowest BCUT2D eigenvalue weighted by Crippen LogP contribution is -2.50. The third-order valence-corrected chi connectivity index (χ3v) is 6.18. The second-order valence-electron chi connectivity index (χ2n) is 7.39. The number of fused-ring (bicyclic) bond motifs is 3. The monoisotopic (exact) mass is 323 g/mol. The second kappa shape index (κ2) is 6.21. The molecule has 0 radical (unpaired) electrons. The molecule has 2 bridgehead atoms. The van der Waals surface area contributed by atoms with Gasteiger partial charge in [-0.15, -0.1) is 0 Å². The molecule has 0 N–H and O–H groups in total. The number of carbonyl (C=O) groups is 1. The predicted octanol–water partition coefficient (Wildman–Crippen LogP) is 3.65. The van der Waals surface area contributed by atoms with Crippen LogP contribution in [0.4, 0.5) is 0 Å². The number of methoxy groups -OCH3 is 1. The Kier molecular flexibility index (Phi) is 4.05. The molecule has 4 rings (SSSR count). The number of ether oxygens (including phenoxy) is 1. The van der Waals surface area contributed by atoms with Gasteiger partial charge in [0.2, 0.25) is 0 Å². The first-order chi connectivity index (χ1) is 11.7. The van der Waals surface area contributed by atoms with Crippen molar-refractivity contribution >= 4 is 16.7 Å². The number of rotatable bonds is 3. The van der Waals surface area contributed by atoms with Gasteiger partial charge in [-0.2, -0.15) is 0 Å². The first-order valence-corrected chi connectivity index (χ1v) is 8.95. The van der Waals surface area contributed by atoms with E-state index >= 15 is 0 Å². The van der Waals surface area contributed by atoms with Crippen molar-refractivity contribution in [2.24, 2.45) is 11.8 Å². The van der Waals surface area contributed by atoms with Gasteiger partial charge in [-0.25, -0.2) is 0 Å². The molecule has 2 fully saturated rings. The molecule has 3 heteroatoms. The molecule has 2 aliphatic rings. The summed E-state index contributed by atoms with van der Waals surface area (Å²) in [6.07, 6.45) is 4.39. The van der Waals surface area contributed by atoms with Crippen molar-refractivity contribution in [3.05, 3.63) is 48.0 Å². The van der Waals surface area contributed by atoms with Crippen molar-refractivity contribution in [1.82, 2.24) is 4.90 Å². The van der Waals surface area contributed by atoms with E-state index < -0.39 is 0 Å². The van der Waals surface area contributed by atoms with Gasteiger partial charge in [-0.05, 0) is 55.0 Å². The Labute approximate surface area is 143 Å². The van der Waals surface area contributed by atoms with Crippen LogP contribution in [0, 0.1) is 11.8 Å². The summed E-state index contributed by atoms with van der Waals surface area (Å²) < 4.78 is 5.16. The Bertz CT molecular complexity index is 756. The number of hydrogen-bond acceptors (Lipinski definition) is 3. The lowest BCUT2D eigenvalue weighted by Gasteiger charge is -2.41. The summed E-state index contributed by atoms with van der Waals surface area (Å²) in [4.78, 5) is 14.9. The molecule has 0 saturated carbocycles. The maximum Gasteiger partial charge on any atom is 0.310 e. The van der Waals surface area contributed by atoms with Gasteiger partial charge in [-0.1, -0.05) is 42.5 Å². The maximum atomic E-state index is 12.5. The molecule has 0 spiro atoms. The van der Waals surface area contributed by atoms with Crippen LogP contribution < -0.4 is 0 Å². The van der Waals surface area contributed by atoms with Crippen LogP contribution in [0.1, 0.15) is 24.8 Å². The molecular weight excluding hydrogens is 298 g/mol. The van der Waals surface area contributed by atoms with Crippen LogP contribution in [0.2, 0.25) is 0 Å². The number of nitrogens with zero attached hydrogens (tertiary/aromatic N) is 1. The van der Waals surface area contributed by atoms with Gasteiger partial charge >= 0.3 is 5.97 Å². The van der Waals surface area contributed by atoms with E-state index in [-0.39, 0.29) is 11.9 Å². The van der Waals surface area contributed by atoms with E-state index in [1.54, 1.807) is 0 Å². The minimum atomic E-state index is -0.0296. The summed E-state index contributed by atoms with van der Waals surface area (Å²) in [6, 6.07) is 16.1. The van der Waals surface area contributed by atoms with Gasteiger partial charge in [0.1, 0.15) is 0 Å². The quantitative estimate of drug-likeness (QED) is 0.808. The zero-order valence-electron chi connectivity index (χ0n) is 14.4. The van der Waals surface area contributed by atoms with Crippen molar-refractivity contribution in [2.75, 3.05) is 14.2 Å². The Morgan fingerprint density at radius 1 is 1.17 bits per heavy atom. The normalized spacial score (nSPS) is 29.8. The molecule has 4 atom stereocenters. The van der Waals surface area contributed by atoms with Gasteiger partial charge in [0.25, 0.3) is 0 Å². The molecule has 126 valence electrons. The molecular formula is C21H25NO2. The molecule has 2 saturated heterocycles. The topological polar surface area (TPSA) is 29.5 Å². The molecule has 2 aromatic rings. The fraction of sp³-hybridized carbons (Fsp3) is 0.476. The van der Waals surface area contributed by atoms with Crippen molar-refractivity contribution in [3.8, 4) is 0 Å². The van der Waals surface area contributed by atoms with E-state index in [9.17, 15) is 4.79 Å². The van der Waals surface area contributed by atoms with Crippen LogP contribution in [-0.4, -0.2) is 37.1 Å². The average molecular weight is 323 g/mol. The minimum Gasteiger partial charge on any atom is -0.469 e. The Balaban J connectivity index is 1.62. The smallest absolute Gasteiger partial charge is 0.310 e. The molecule has 0 amide bonds. The second-order valence-corrected chi connectivity index (χ2v) is 7.39. The van der Waals surface area contributed by atoms with Crippen LogP contribution >= 0.6 is 0 Å². The number of hydrogen-bond donors (Lipinski definition) is 0. The van der Waals surface area contributed by atoms with E-state index in [4.69, 9.17) is 4.74 Å². The van der Waals surface area contributed by atoms with Gasteiger partial charge in [0.05, 0.1) is 13.0 Å². The van der Waals surface area contributed by atoms with Crippen LogP contribution in [-0.2, 0) is 16.0 Å². The highest BCUT2D eigenvalue weighted by Crippen LogP contribution is 2.43. The molecule has 2 aromatic carbocycles. The molecule has 0 unspecified atom stereocenters. The van der Waals surface area contributed by atoms with Gasteiger partial charge in [0.15, 0.2) is 0 Å². The standard InChI is InChI=1S/C21H25NO2/c1-22-18-9-10-19(22)20(21(23)24-2)17(13-18)12-14-7-8-15-5-3-4-6-16(15)11-14/h3-8,11,17-20H,9-10,12-13H2,1-2H3/t17-,18-,19+,20-/m0/s1. The zero-order valence-corrected chi connectivity index (χ0v) is 14.4. The number of esters is 1. The Hall–Kier alpha value is -1.87. The fourth-order valence-corrected chi connectivity index (χ4v) is 4.93. The van der Waals surface area contributed by atoms with Gasteiger partial charge in [-0.3, -0.25) is 9.69 Å². The summed E-state index contributed by atoms with van der Waals surface area (Å²) in [5, 5.41) is 2.55. The first-order valence-electron chi connectivity index (χ1n) is 8.95. The van der Waals surface area contributed by atoms with Gasteiger partial charge in [0, 0.05) is 12.1 Å². The third kappa shape index (κ3) is 2.61. The van der Waals surface area contributed by atoms with E-state index in [0.717, 1.165) is 19.3 Å². The zero-order chi connectivity index (χ0) is 16.7. The third-order valence-electron chi connectivity index (χ3n) is 6.18. The highest BCUT2D eigenvalue weighted by molar-refractivity contribution is 5.83. The van der Waals surface area contributed by atoms with Crippen molar-refractivity contribution in [3.63, 3.8) is 0 Å². The molecule has 2 aliphatic heterocycles. The highest BCUT2D eigenvalue weighted by atomic mass is 16.5. The maximum absolute atomic E-state index is 12.5.